The summed E-state index contributed by atoms with van der Waals surface area (Å²) >= 11 is 0. The molecule has 0 bridgehead atoms. The van der Waals surface area contributed by atoms with Crippen molar-refractivity contribution in [2.45, 2.75) is 26.9 Å². The smallest absolute Gasteiger partial charge is 0.155 e. The normalized spacial score (nSPS) is 11.5. The minimum absolute atomic E-state index is 0.133. The first-order valence-electron chi connectivity index (χ1n) is 9.30. The van der Waals surface area contributed by atoms with E-state index in [0.717, 1.165) is 34.8 Å². The Bertz CT molecular complexity index is 1050. The van der Waals surface area contributed by atoms with Crippen LogP contribution in [0.4, 0.5) is 20.3 Å². The van der Waals surface area contributed by atoms with Crippen LogP contribution in [-0.2, 0) is 6.61 Å². The van der Waals surface area contributed by atoms with Crippen LogP contribution >= 0.6 is 0 Å². The third kappa shape index (κ3) is 4.21. The summed E-state index contributed by atoms with van der Waals surface area (Å²) in [4.78, 5) is 4.24. The van der Waals surface area contributed by atoms with Crippen molar-refractivity contribution in [1.29, 1.82) is 0 Å². The Hall–Kier alpha value is -3.41. The van der Waals surface area contributed by atoms with Crippen LogP contribution in [0.15, 0.2) is 54.7 Å². The Morgan fingerprint density at radius 2 is 1.83 bits per heavy atom. The number of anilines is 2. The predicted octanol–water partition coefficient (Wildman–Crippen LogP) is 5.58. The summed E-state index contributed by atoms with van der Waals surface area (Å²) in [6.07, 6.45) is 4.34. The Kier molecular flexibility index (Phi) is 6.12. The summed E-state index contributed by atoms with van der Waals surface area (Å²) in [5.74, 6) is -0.800. The summed E-state index contributed by atoms with van der Waals surface area (Å²) in [6.45, 7) is 3.65. The molecule has 0 atom stereocenters. The lowest BCUT2D eigenvalue weighted by molar-refractivity contribution is 0.293. The van der Waals surface area contributed by atoms with Gasteiger partial charge in [-0.25, -0.2) is 13.8 Å². The van der Waals surface area contributed by atoms with E-state index in [2.05, 4.69) is 4.98 Å². The molecular formula is C23H23F2N3O. The molecule has 0 spiro atoms. The van der Waals surface area contributed by atoms with Gasteiger partial charge in [-0.15, -0.1) is 0 Å². The number of pyridine rings is 1. The fourth-order valence-electron chi connectivity index (χ4n) is 3.21. The van der Waals surface area contributed by atoms with Crippen LogP contribution in [0.2, 0.25) is 0 Å². The number of hydrogen-bond acceptors (Lipinski definition) is 4. The number of nitrogen functional groups attached to an aromatic ring is 2. The number of allylic oxidation sites excluding steroid dienone is 2. The molecule has 0 aliphatic carbocycles. The zero-order valence-corrected chi connectivity index (χ0v) is 16.4. The van der Waals surface area contributed by atoms with E-state index in [4.69, 9.17) is 16.2 Å². The van der Waals surface area contributed by atoms with Crippen LogP contribution in [0.5, 0.6) is 5.75 Å². The Balaban J connectivity index is 2.11. The van der Waals surface area contributed by atoms with E-state index in [1.807, 2.05) is 50.3 Å². The highest BCUT2D eigenvalue weighted by Crippen LogP contribution is 2.39. The molecule has 3 aromatic rings. The van der Waals surface area contributed by atoms with Crippen molar-refractivity contribution in [2.24, 2.45) is 0 Å². The monoisotopic (exact) mass is 395 g/mol. The van der Waals surface area contributed by atoms with Crippen molar-refractivity contribution in [1.82, 2.24) is 4.98 Å². The first-order chi connectivity index (χ1) is 13.9. The molecule has 4 N–H and O–H groups in total. The van der Waals surface area contributed by atoms with Crippen LogP contribution < -0.4 is 16.2 Å². The average molecular weight is 395 g/mol. The van der Waals surface area contributed by atoms with Gasteiger partial charge in [-0.05, 0) is 36.6 Å². The van der Waals surface area contributed by atoms with Crippen molar-refractivity contribution in [3.63, 3.8) is 0 Å². The molecule has 6 heteroatoms. The first kappa shape index (κ1) is 20.3. The summed E-state index contributed by atoms with van der Waals surface area (Å²) in [5, 5.41) is 0. The number of nitrogens with zero attached hydrogens (tertiary/aromatic N) is 1. The van der Waals surface area contributed by atoms with Gasteiger partial charge in [-0.1, -0.05) is 43.3 Å². The molecule has 2 aromatic carbocycles. The number of nitrogens with two attached hydrogens (primary N) is 2. The van der Waals surface area contributed by atoms with Gasteiger partial charge in [-0.3, -0.25) is 0 Å². The standard InChI is InChI=1S/C23H23F2N3O/c1-3-7-14(2)20-21(15-8-5-4-6-9-15)19(12-28-23(20)27)29-13-16-17(24)10-11-18(26)22(16)25/h4-12H,3,13,26H2,1-2H3,(H2,27,28)/b14-7+. The largest absolute Gasteiger partial charge is 0.486 e. The van der Waals surface area contributed by atoms with Crippen molar-refractivity contribution < 1.29 is 13.5 Å². The Labute approximate surface area is 168 Å². The van der Waals surface area contributed by atoms with E-state index in [1.165, 1.54) is 12.3 Å². The molecule has 150 valence electrons. The Morgan fingerprint density at radius 1 is 1.10 bits per heavy atom. The second kappa shape index (κ2) is 8.73. The predicted molar refractivity (Wildman–Crippen MR) is 113 cm³/mol. The van der Waals surface area contributed by atoms with Crippen LogP contribution in [-0.4, -0.2) is 4.98 Å². The second-order valence-corrected chi connectivity index (χ2v) is 6.64. The molecule has 0 fully saturated rings. The lowest BCUT2D eigenvalue weighted by Crippen LogP contribution is -2.07. The molecule has 1 heterocycles. The summed E-state index contributed by atoms with van der Waals surface area (Å²) in [6, 6.07) is 11.9. The molecule has 4 nitrogen and oxygen atoms in total. The third-order valence-electron chi connectivity index (χ3n) is 4.63. The van der Waals surface area contributed by atoms with E-state index in [9.17, 15) is 8.78 Å². The molecule has 1 aromatic heterocycles. The van der Waals surface area contributed by atoms with E-state index in [1.54, 1.807) is 0 Å². The molecule has 0 amide bonds. The Morgan fingerprint density at radius 3 is 2.52 bits per heavy atom. The van der Waals surface area contributed by atoms with Crippen molar-refractivity contribution in [2.75, 3.05) is 11.5 Å². The van der Waals surface area contributed by atoms with Gasteiger partial charge in [0.15, 0.2) is 5.82 Å². The fraction of sp³-hybridized carbons (Fsp3) is 0.174. The molecular weight excluding hydrogens is 372 g/mol. The van der Waals surface area contributed by atoms with Gasteiger partial charge in [0.2, 0.25) is 0 Å². The van der Waals surface area contributed by atoms with Gasteiger partial charge < -0.3 is 16.2 Å². The van der Waals surface area contributed by atoms with Crippen LogP contribution in [0.25, 0.3) is 16.7 Å². The maximum atomic E-state index is 14.3. The molecule has 0 radical (unpaired) electrons. The minimum Gasteiger partial charge on any atom is -0.486 e. The molecule has 0 saturated carbocycles. The fourth-order valence-corrected chi connectivity index (χ4v) is 3.21. The van der Waals surface area contributed by atoms with Crippen LogP contribution in [0.3, 0.4) is 0 Å². The van der Waals surface area contributed by atoms with E-state index in [-0.39, 0.29) is 17.9 Å². The number of hydrogen-bond donors (Lipinski definition) is 2. The highest BCUT2D eigenvalue weighted by molar-refractivity contribution is 5.89. The maximum Gasteiger partial charge on any atom is 0.155 e. The SMILES string of the molecule is CC/C=C(\C)c1c(N)ncc(OCc2c(F)ccc(N)c2F)c1-c1ccccc1. The van der Waals surface area contributed by atoms with Crippen molar-refractivity contribution in [3.8, 4) is 16.9 Å². The van der Waals surface area contributed by atoms with Crippen LogP contribution in [0.1, 0.15) is 31.4 Å². The van der Waals surface area contributed by atoms with Crippen LogP contribution in [0, 0.1) is 11.6 Å². The summed E-state index contributed by atoms with van der Waals surface area (Å²) < 4.78 is 34.2. The quantitative estimate of drug-likeness (QED) is 0.534. The van der Waals surface area contributed by atoms with E-state index < -0.39 is 11.6 Å². The van der Waals surface area contributed by atoms with Gasteiger partial charge in [0.05, 0.1) is 17.4 Å². The van der Waals surface area contributed by atoms with Gasteiger partial charge >= 0.3 is 0 Å². The van der Waals surface area contributed by atoms with E-state index >= 15 is 0 Å². The molecule has 0 aliphatic heterocycles. The zero-order valence-electron chi connectivity index (χ0n) is 16.4. The topological polar surface area (TPSA) is 74.2 Å². The number of aromatic nitrogens is 1. The zero-order chi connectivity index (χ0) is 21.0. The summed E-state index contributed by atoms with van der Waals surface area (Å²) in [5.41, 5.74) is 14.7. The highest BCUT2D eigenvalue weighted by atomic mass is 19.1. The van der Waals surface area contributed by atoms with Crippen molar-refractivity contribution in [3.05, 3.63) is 77.5 Å². The molecule has 3 rings (SSSR count). The number of ether oxygens (including phenoxy) is 1. The van der Waals surface area contributed by atoms with Gasteiger partial charge in [0.1, 0.15) is 24.0 Å². The second-order valence-electron chi connectivity index (χ2n) is 6.64. The third-order valence-corrected chi connectivity index (χ3v) is 4.63. The molecule has 29 heavy (non-hydrogen) atoms. The lowest BCUT2D eigenvalue weighted by atomic mass is 9.94. The number of halogens is 2. The van der Waals surface area contributed by atoms with Gasteiger partial charge in [0, 0.05) is 11.1 Å². The highest BCUT2D eigenvalue weighted by Gasteiger charge is 2.19. The van der Waals surface area contributed by atoms with E-state index in [0.29, 0.717) is 11.6 Å². The summed E-state index contributed by atoms with van der Waals surface area (Å²) in [7, 11) is 0. The number of rotatable bonds is 6. The minimum atomic E-state index is -0.822. The maximum absolute atomic E-state index is 14.3. The molecule has 0 unspecified atom stereocenters. The van der Waals surface area contributed by atoms with Crippen molar-refractivity contribution >= 4 is 17.1 Å². The molecule has 0 saturated heterocycles. The lowest BCUT2D eigenvalue weighted by Gasteiger charge is -2.18. The number of benzene rings is 2. The first-order valence-corrected chi connectivity index (χ1v) is 9.30. The van der Waals surface area contributed by atoms with Gasteiger partial charge in [-0.2, -0.15) is 0 Å². The average Bonchev–Trinajstić information content (AvgIpc) is 2.72. The molecule has 0 aliphatic rings. The van der Waals surface area contributed by atoms with Gasteiger partial charge in [0.25, 0.3) is 0 Å².